The number of nitrogens with zero attached hydrogens (tertiary/aromatic N) is 3. The highest BCUT2D eigenvalue weighted by molar-refractivity contribution is 6.39. The number of carbonyl (C=O) groups is 2. The maximum atomic E-state index is 11.7. The second kappa shape index (κ2) is 6.95. The van der Waals surface area contributed by atoms with Crippen LogP contribution in [0.15, 0.2) is 23.5 Å². The van der Waals surface area contributed by atoms with Gasteiger partial charge in [0, 0.05) is 17.7 Å². The number of carboxylic acids is 1. The minimum Gasteiger partial charge on any atom is -0.477 e. The average Bonchev–Trinajstić information content (AvgIpc) is 2.41. The maximum Gasteiger partial charge on any atom is 0.434 e. The van der Waals surface area contributed by atoms with Crippen molar-refractivity contribution in [1.29, 1.82) is 0 Å². The molecular weight excluding hydrogens is 306 g/mol. The van der Waals surface area contributed by atoms with E-state index in [-0.39, 0.29) is 11.3 Å². The molecule has 0 fully saturated rings. The van der Waals surface area contributed by atoms with E-state index >= 15 is 0 Å². The van der Waals surface area contributed by atoms with Crippen LogP contribution < -0.4 is 0 Å². The third kappa shape index (κ3) is 5.13. The summed E-state index contributed by atoms with van der Waals surface area (Å²) in [4.78, 5) is 40.5. The second-order valence-electron chi connectivity index (χ2n) is 5.70. The molecule has 1 amide bonds. The number of amides is 1. The first-order valence-corrected chi connectivity index (χ1v) is 6.66. The SMILES string of the molecule is CC(C(=NC(=O)OC(C)(C)C)C(=O)O)c1ccncc1[N+](=O)[O-]. The Morgan fingerprint density at radius 1 is 1.43 bits per heavy atom. The molecule has 23 heavy (non-hydrogen) atoms. The summed E-state index contributed by atoms with van der Waals surface area (Å²) in [6, 6.07) is 1.32. The Hall–Kier alpha value is -2.84. The van der Waals surface area contributed by atoms with Crippen LogP contribution in [0, 0.1) is 10.1 Å². The highest BCUT2D eigenvalue weighted by atomic mass is 16.6. The predicted molar refractivity (Wildman–Crippen MR) is 80.6 cm³/mol. The number of pyridine rings is 1. The van der Waals surface area contributed by atoms with Crippen molar-refractivity contribution >= 4 is 23.5 Å². The van der Waals surface area contributed by atoms with Crippen molar-refractivity contribution in [1.82, 2.24) is 4.98 Å². The number of nitro groups is 1. The number of carboxylic acid groups (broad SMARTS) is 1. The summed E-state index contributed by atoms with van der Waals surface area (Å²) in [5, 5.41) is 20.3. The Labute approximate surface area is 132 Å². The molecule has 0 aliphatic carbocycles. The van der Waals surface area contributed by atoms with Gasteiger partial charge in [-0.15, -0.1) is 0 Å². The van der Waals surface area contributed by atoms with E-state index in [1.54, 1.807) is 20.8 Å². The lowest BCUT2D eigenvalue weighted by Crippen LogP contribution is -2.26. The first-order valence-electron chi connectivity index (χ1n) is 6.66. The van der Waals surface area contributed by atoms with Crippen molar-refractivity contribution < 1.29 is 24.4 Å². The van der Waals surface area contributed by atoms with E-state index in [0.29, 0.717) is 0 Å². The lowest BCUT2D eigenvalue weighted by Gasteiger charge is -2.18. The number of ether oxygens (including phenoxy) is 1. The topological polar surface area (TPSA) is 132 Å². The first kappa shape index (κ1) is 18.2. The second-order valence-corrected chi connectivity index (χ2v) is 5.70. The van der Waals surface area contributed by atoms with Crippen molar-refractivity contribution in [3.8, 4) is 0 Å². The number of rotatable bonds is 4. The zero-order valence-corrected chi connectivity index (χ0v) is 13.1. The third-order valence-corrected chi connectivity index (χ3v) is 2.73. The summed E-state index contributed by atoms with van der Waals surface area (Å²) in [5.41, 5.74) is -1.64. The van der Waals surface area contributed by atoms with Crippen molar-refractivity contribution in [3.05, 3.63) is 34.1 Å². The maximum absolute atomic E-state index is 11.7. The van der Waals surface area contributed by atoms with Crippen molar-refractivity contribution in [2.45, 2.75) is 39.2 Å². The van der Waals surface area contributed by atoms with Crippen LogP contribution in [0.25, 0.3) is 0 Å². The fourth-order valence-electron chi connectivity index (χ4n) is 1.78. The van der Waals surface area contributed by atoms with E-state index in [9.17, 15) is 24.8 Å². The van der Waals surface area contributed by atoms with Crippen LogP contribution in [-0.2, 0) is 9.53 Å². The highest BCUT2D eigenvalue weighted by Gasteiger charge is 2.28. The zero-order valence-electron chi connectivity index (χ0n) is 13.1. The molecular formula is C14H17N3O6. The van der Waals surface area contributed by atoms with Gasteiger partial charge in [0.1, 0.15) is 17.5 Å². The molecule has 124 valence electrons. The summed E-state index contributed by atoms with van der Waals surface area (Å²) in [6.07, 6.45) is 1.24. The molecule has 1 atom stereocenters. The number of aromatic nitrogens is 1. The summed E-state index contributed by atoms with van der Waals surface area (Å²) in [6.45, 7) is 6.23. The number of aliphatic carboxylic acids is 1. The molecule has 0 aliphatic rings. The molecule has 9 heteroatoms. The third-order valence-electron chi connectivity index (χ3n) is 2.73. The van der Waals surface area contributed by atoms with Gasteiger partial charge in [-0.25, -0.2) is 9.59 Å². The summed E-state index contributed by atoms with van der Waals surface area (Å²) in [5.74, 6) is -2.46. The van der Waals surface area contributed by atoms with Gasteiger partial charge in [0.15, 0.2) is 0 Å². The van der Waals surface area contributed by atoms with Crippen LogP contribution in [0.4, 0.5) is 10.5 Å². The monoisotopic (exact) mass is 323 g/mol. The lowest BCUT2D eigenvalue weighted by atomic mass is 9.95. The average molecular weight is 323 g/mol. The minimum atomic E-state index is -1.46. The normalized spacial score (nSPS) is 13.3. The van der Waals surface area contributed by atoms with Gasteiger partial charge in [-0.3, -0.25) is 15.1 Å². The number of aliphatic imine (C=N–C) groups is 1. The van der Waals surface area contributed by atoms with E-state index in [1.807, 2.05) is 0 Å². The number of hydrogen-bond donors (Lipinski definition) is 1. The van der Waals surface area contributed by atoms with Crippen LogP contribution >= 0.6 is 0 Å². The van der Waals surface area contributed by atoms with Crippen LogP contribution in [-0.4, -0.2) is 38.4 Å². The highest BCUT2D eigenvalue weighted by Crippen LogP contribution is 2.26. The zero-order chi connectivity index (χ0) is 17.8. The van der Waals surface area contributed by atoms with Crippen LogP contribution in [0.1, 0.15) is 39.2 Å². The molecule has 0 spiro atoms. The van der Waals surface area contributed by atoms with Gasteiger partial charge >= 0.3 is 12.1 Å². The smallest absolute Gasteiger partial charge is 0.434 e. The van der Waals surface area contributed by atoms with Gasteiger partial charge in [0.2, 0.25) is 0 Å². The molecule has 1 heterocycles. The van der Waals surface area contributed by atoms with Crippen molar-refractivity contribution in [2.24, 2.45) is 4.99 Å². The number of hydrogen-bond acceptors (Lipinski definition) is 6. The van der Waals surface area contributed by atoms with Gasteiger partial charge in [0.25, 0.3) is 5.69 Å². The Kier molecular flexibility index (Phi) is 5.50. The first-order chi connectivity index (χ1) is 10.5. The molecule has 0 aliphatic heterocycles. The van der Waals surface area contributed by atoms with Gasteiger partial charge in [0.05, 0.1) is 4.92 Å². The van der Waals surface area contributed by atoms with E-state index in [0.717, 1.165) is 6.20 Å². The Morgan fingerprint density at radius 2 is 2.04 bits per heavy atom. The molecule has 9 nitrogen and oxygen atoms in total. The summed E-state index contributed by atoms with van der Waals surface area (Å²) >= 11 is 0. The fourth-order valence-corrected chi connectivity index (χ4v) is 1.78. The lowest BCUT2D eigenvalue weighted by molar-refractivity contribution is -0.385. The van der Waals surface area contributed by atoms with E-state index in [4.69, 9.17) is 4.74 Å². The molecule has 1 unspecified atom stereocenters. The Balaban J connectivity index is 3.24. The number of carbonyl (C=O) groups excluding carboxylic acids is 1. The largest absolute Gasteiger partial charge is 0.477 e. The quantitative estimate of drug-likeness (QED) is 0.511. The summed E-state index contributed by atoms with van der Waals surface area (Å²) in [7, 11) is 0. The summed E-state index contributed by atoms with van der Waals surface area (Å²) < 4.78 is 4.95. The molecule has 0 bridgehead atoms. The minimum absolute atomic E-state index is 0.0923. The molecule has 0 saturated carbocycles. The molecule has 1 rings (SSSR count). The van der Waals surface area contributed by atoms with E-state index in [1.165, 1.54) is 19.2 Å². The van der Waals surface area contributed by atoms with Gasteiger partial charge in [-0.1, -0.05) is 6.92 Å². The van der Waals surface area contributed by atoms with Crippen LogP contribution in [0.3, 0.4) is 0 Å². The molecule has 1 aromatic heterocycles. The van der Waals surface area contributed by atoms with Crippen molar-refractivity contribution in [2.75, 3.05) is 0 Å². The predicted octanol–water partition coefficient (Wildman–Crippen LogP) is 2.55. The molecule has 0 radical (unpaired) electrons. The van der Waals surface area contributed by atoms with E-state index in [2.05, 4.69) is 9.98 Å². The Morgan fingerprint density at radius 3 is 2.52 bits per heavy atom. The van der Waals surface area contributed by atoms with Crippen LogP contribution in [0.5, 0.6) is 0 Å². The fraction of sp³-hybridized carbons (Fsp3) is 0.429. The van der Waals surface area contributed by atoms with Gasteiger partial charge < -0.3 is 9.84 Å². The Bertz CT molecular complexity index is 663. The molecule has 0 aromatic carbocycles. The molecule has 1 aromatic rings. The van der Waals surface area contributed by atoms with Crippen LogP contribution in [0.2, 0.25) is 0 Å². The standard InChI is InChI=1S/C14H17N3O6/c1-8(9-5-6-15-7-10(9)17(21)22)11(12(18)19)16-13(20)23-14(2,3)4/h5-8H,1-4H3,(H,18,19). The van der Waals surface area contributed by atoms with Gasteiger partial charge in [-0.05, 0) is 26.8 Å². The molecule has 1 N–H and O–H groups in total. The van der Waals surface area contributed by atoms with Gasteiger partial charge in [-0.2, -0.15) is 4.99 Å². The van der Waals surface area contributed by atoms with Crippen molar-refractivity contribution in [3.63, 3.8) is 0 Å². The van der Waals surface area contributed by atoms with E-state index < -0.39 is 34.2 Å². The molecule has 0 saturated heterocycles.